The van der Waals surface area contributed by atoms with Gasteiger partial charge < -0.3 is 15.2 Å². The Hall–Kier alpha value is -2.37. The minimum Gasteiger partial charge on any atom is -0.350 e. The van der Waals surface area contributed by atoms with E-state index >= 15 is 0 Å². The van der Waals surface area contributed by atoms with Crippen LogP contribution < -0.4 is 16.2 Å². The molecule has 3 atom stereocenters. The first-order chi connectivity index (χ1) is 12.7. The van der Waals surface area contributed by atoms with E-state index in [9.17, 15) is 9.59 Å². The number of fused-ring (bicyclic) bond motifs is 4. The Balaban J connectivity index is 0.00000210. The van der Waals surface area contributed by atoms with Crippen LogP contribution in [0.25, 0.3) is 6.08 Å². The molecule has 2 N–H and O–H groups in total. The molecule has 3 heterocycles. The third kappa shape index (κ3) is 4.15. The van der Waals surface area contributed by atoms with Gasteiger partial charge in [0.15, 0.2) is 0 Å². The van der Waals surface area contributed by atoms with Crippen LogP contribution in [0.15, 0.2) is 59.4 Å². The summed E-state index contributed by atoms with van der Waals surface area (Å²) in [6, 6.07) is 15.2. The minimum absolute atomic E-state index is 0. The highest BCUT2D eigenvalue weighted by Crippen LogP contribution is 2.37. The van der Waals surface area contributed by atoms with Crippen LogP contribution in [0.3, 0.4) is 0 Å². The van der Waals surface area contributed by atoms with Crippen LogP contribution in [0.2, 0.25) is 0 Å². The van der Waals surface area contributed by atoms with Crippen molar-refractivity contribution in [1.82, 2.24) is 15.2 Å². The predicted molar refractivity (Wildman–Crippen MR) is 109 cm³/mol. The molecular weight excluding hydrogens is 362 g/mol. The number of aromatic nitrogens is 1. The van der Waals surface area contributed by atoms with Gasteiger partial charge in [-0.2, -0.15) is 0 Å². The molecule has 2 aromatic rings. The maximum Gasteiger partial charge on any atom is 0.251 e. The lowest BCUT2D eigenvalue weighted by atomic mass is 9.79. The van der Waals surface area contributed by atoms with Crippen molar-refractivity contribution in [2.75, 3.05) is 19.6 Å². The summed E-state index contributed by atoms with van der Waals surface area (Å²) >= 11 is 0. The van der Waals surface area contributed by atoms with Crippen LogP contribution >= 0.6 is 12.4 Å². The fraction of sp³-hybridized carbons (Fsp3) is 0.333. The Morgan fingerprint density at radius 1 is 1.15 bits per heavy atom. The SMILES string of the molecule is Cl.O=C(/C=C/c1ccccc1)NC[C@H]1[C@@H]2CNC[C@@H](C2)c2cccc(=O)n21. The quantitative estimate of drug-likeness (QED) is 0.794. The van der Waals surface area contributed by atoms with Gasteiger partial charge in [0.1, 0.15) is 0 Å². The molecule has 0 aliphatic carbocycles. The normalized spacial score (nSPS) is 23.3. The molecule has 0 spiro atoms. The first kappa shape index (κ1) is 19.4. The van der Waals surface area contributed by atoms with Gasteiger partial charge in [-0.25, -0.2) is 0 Å². The number of piperidine rings is 1. The molecule has 27 heavy (non-hydrogen) atoms. The van der Waals surface area contributed by atoms with Crippen LogP contribution in [-0.2, 0) is 4.79 Å². The van der Waals surface area contributed by atoms with Gasteiger partial charge in [-0.3, -0.25) is 9.59 Å². The lowest BCUT2D eigenvalue weighted by Gasteiger charge is -2.43. The topological polar surface area (TPSA) is 63.1 Å². The van der Waals surface area contributed by atoms with Gasteiger partial charge in [0.2, 0.25) is 5.91 Å². The van der Waals surface area contributed by atoms with Crippen molar-refractivity contribution in [2.24, 2.45) is 5.92 Å². The molecule has 0 saturated carbocycles. The predicted octanol–water partition coefficient (Wildman–Crippen LogP) is 2.35. The average molecular weight is 386 g/mol. The van der Waals surface area contributed by atoms with Gasteiger partial charge in [-0.05, 0) is 30.0 Å². The molecule has 2 aliphatic heterocycles. The fourth-order valence-corrected chi connectivity index (χ4v) is 4.17. The number of halogens is 1. The number of carbonyl (C=O) groups is 1. The third-order valence-electron chi connectivity index (χ3n) is 5.41. The van der Waals surface area contributed by atoms with Crippen LogP contribution in [0, 0.1) is 5.92 Å². The first-order valence-electron chi connectivity index (χ1n) is 9.15. The second-order valence-corrected chi connectivity index (χ2v) is 7.07. The van der Waals surface area contributed by atoms with Gasteiger partial charge in [0.25, 0.3) is 5.56 Å². The van der Waals surface area contributed by atoms with Gasteiger partial charge >= 0.3 is 0 Å². The minimum atomic E-state index is -0.134. The molecule has 142 valence electrons. The summed E-state index contributed by atoms with van der Waals surface area (Å²) < 4.78 is 1.90. The largest absolute Gasteiger partial charge is 0.350 e. The molecule has 4 rings (SSSR count). The first-order valence-corrected chi connectivity index (χ1v) is 9.15. The summed E-state index contributed by atoms with van der Waals surface area (Å²) in [5, 5.41) is 6.45. The number of benzene rings is 1. The number of rotatable bonds is 4. The molecule has 0 radical (unpaired) electrons. The van der Waals surface area contributed by atoms with E-state index < -0.39 is 0 Å². The fourth-order valence-electron chi connectivity index (χ4n) is 4.17. The molecule has 2 bridgehead atoms. The molecule has 1 fully saturated rings. The number of hydrogen-bond acceptors (Lipinski definition) is 3. The van der Waals surface area contributed by atoms with Crippen molar-refractivity contribution < 1.29 is 4.79 Å². The van der Waals surface area contributed by atoms with E-state index in [1.807, 2.05) is 47.0 Å². The van der Waals surface area contributed by atoms with E-state index in [4.69, 9.17) is 0 Å². The number of hydrogen-bond donors (Lipinski definition) is 2. The third-order valence-corrected chi connectivity index (χ3v) is 5.41. The van der Waals surface area contributed by atoms with Crippen LogP contribution in [0.5, 0.6) is 0 Å². The Labute approximate surface area is 164 Å². The van der Waals surface area contributed by atoms with Crippen LogP contribution in [0.4, 0.5) is 0 Å². The second-order valence-electron chi connectivity index (χ2n) is 7.07. The molecular formula is C21H24ClN3O2. The lowest BCUT2D eigenvalue weighted by molar-refractivity contribution is -0.116. The van der Waals surface area contributed by atoms with E-state index in [2.05, 4.69) is 10.6 Å². The molecule has 1 saturated heterocycles. The highest BCUT2D eigenvalue weighted by atomic mass is 35.5. The van der Waals surface area contributed by atoms with Crippen molar-refractivity contribution >= 4 is 24.4 Å². The maximum absolute atomic E-state index is 12.5. The summed E-state index contributed by atoms with van der Waals surface area (Å²) in [7, 11) is 0. The summed E-state index contributed by atoms with van der Waals surface area (Å²) in [5.41, 5.74) is 2.10. The van der Waals surface area contributed by atoms with E-state index in [1.54, 1.807) is 18.2 Å². The van der Waals surface area contributed by atoms with Crippen LogP contribution in [-0.4, -0.2) is 30.1 Å². The number of nitrogens with zero attached hydrogens (tertiary/aromatic N) is 1. The Bertz CT molecular complexity index is 878. The molecule has 1 aromatic heterocycles. The average Bonchev–Trinajstić information content (AvgIpc) is 2.68. The summed E-state index contributed by atoms with van der Waals surface area (Å²) in [6.07, 6.45) is 4.42. The molecule has 6 heteroatoms. The molecule has 5 nitrogen and oxygen atoms in total. The number of nitrogens with one attached hydrogen (secondary N) is 2. The van der Waals surface area contributed by atoms with Gasteiger partial charge in [-0.15, -0.1) is 12.4 Å². The molecule has 1 aromatic carbocycles. The monoisotopic (exact) mass is 385 g/mol. The maximum atomic E-state index is 12.5. The van der Waals surface area contributed by atoms with E-state index in [-0.39, 0.29) is 29.9 Å². The van der Waals surface area contributed by atoms with E-state index in [0.29, 0.717) is 18.4 Å². The van der Waals surface area contributed by atoms with Gasteiger partial charge in [0, 0.05) is 43.4 Å². The molecule has 2 aliphatic rings. The Morgan fingerprint density at radius 3 is 2.78 bits per heavy atom. The zero-order chi connectivity index (χ0) is 17.9. The van der Waals surface area contributed by atoms with Crippen molar-refractivity contribution in [3.05, 3.63) is 76.2 Å². The highest BCUT2D eigenvalue weighted by molar-refractivity contribution is 5.91. The van der Waals surface area contributed by atoms with E-state index in [1.165, 1.54) is 0 Å². The molecule has 1 amide bonds. The van der Waals surface area contributed by atoms with Crippen molar-refractivity contribution in [2.45, 2.75) is 18.4 Å². The molecule has 0 unspecified atom stereocenters. The second kappa shape index (κ2) is 8.55. The van der Waals surface area contributed by atoms with Crippen molar-refractivity contribution in [3.63, 3.8) is 0 Å². The van der Waals surface area contributed by atoms with Crippen molar-refractivity contribution in [1.29, 1.82) is 0 Å². The van der Waals surface area contributed by atoms with Gasteiger partial charge in [-0.1, -0.05) is 36.4 Å². The number of carbonyl (C=O) groups excluding carboxylic acids is 1. The van der Waals surface area contributed by atoms with E-state index in [0.717, 1.165) is 30.8 Å². The summed E-state index contributed by atoms with van der Waals surface area (Å²) in [6.45, 7) is 2.27. The zero-order valence-corrected chi connectivity index (χ0v) is 15.8. The Kier molecular flexibility index (Phi) is 6.14. The lowest BCUT2D eigenvalue weighted by Crippen LogP contribution is -2.50. The Morgan fingerprint density at radius 2 is 1.96 bits per heavy atom. The van der Waals surface area contributed by atoms with Gasteiger partial charge in [0.05, 0.1) is 6.04 Å². The van der Waals surface area contributed by atoms with Crippen LogP contribution in [0.1, 0.15) is 29.6 Å². The number of amides is 1. The highest BCUT2D eigenvalue weighted by Gasteiger charge is 2.37. The van der Waals surface area contributed by atoms with Crippen molar-refractivity contribution in [3.8, 4) is 0 Å². The zero-order valence-electron chi connectivity index (χ0n) is 15.0. The standard InChI is InChI=1S/C21H23N3O2.ClH/c25-20(10-9-15-5-2-1-3-6-15)23-14-19-17-11-16(12-22-13-17)18-7-4-8-21(26)24(18)19;/h1-10,16-17,19,22H,11-14H2,(H,23,25);1H/b10-9+;/t16-,17+,19+;/m1./s1. The summed E-state index contributed by atoms with van der Waals surface area (Å²) in [4.78, 5) is 24.7. The summed E-state index contributed by atoms with van der Waals surface area (Å²) in [5.74, 6) is 0.609. The number of pyridine rings is 1. The smallest absolute Gasteiger partial charge is 0.251 e.